The number of nitrogen functional groups attached to an aromatic ring is 1. The topological polar surface area (TPSA) is 46.2 Å². The Morgan fingerprint density at radius 3 is 1.95 bits per heavy atom. The number of benzene rings is 1. The molecular formula is C17H23NO. The molecule has 5 rings (SSSR count). The molecule has 0 spiro atoms. The standard InChI is InChI=1S/C17H23NO/c18-15-3-1-12(2-4-15)17(19)16-13-6-10-5-11(8-13)9-14(16)7-10/h1-4,10-11,13-14,16-17,19H,5-9,18H2. The zero-order valence-electron chi connectivity index (χ0n) is 11.3. The minimum Gasteiger partial charge on any atom is -0.399 e. The molecule has 4 aliphatic carbocycles. The molecule has 1 aromatic carbocycles. The second-order valence-electron chi connectivity index (χ2n) is 7.12. The molecule has 1 atom stereocenters. The van der Waals surface area contributed by atoms with Crippen molar-refractivity contribution in [3.63, 3.8) is 0 Å². The third kappa shape index (κ3) is 1.88. The Bertz CT molecular complexity index is 439. The summed E-state index contributed by atoms with van der Waals surface area (Å²) in [5, 5.41) is 10.8. The molecule has 1 unspecified atom stereocenters. The van der Waals surface area contributed by atoms with Gasteiger partial charge in [0.05, 0.1) is 6.10 Å². The highest BCUT2D eigenvalue weighted by Crippen LogP contribution is 2.59. The molecule has 4 aliphatic rings. The highest BCUT2D eigenvalue weighted by molar-refractivity contribution is 5.40. The van der Waals surface area contributed by atoms with Gasteiger partial charge in [-0.25, -0.2) is 0 Å². The van der Waals surface area contributed by atoms with Crippen molar-refractivity contribution in [1.82, 2.24) is 0 Å². The van der Waals surface area contributed by atoms with Gasteiger partial charge in [-0.3, -0.25) is 0 Å². The van der Waals surface area contributed by atoms with E-state index < -0.39 is 0 Å². The van der Waals surface area contributed by atoms with Crippen molar-refractivity contribution in [2.24, 2.45) is 29.6 Å². The maximum Gasteiger partial charge on any atom is 0.0823 e. The number of hydrogen-bond acceptors (Lipinski definition) is 2. The lowest BCUT2D eigenvalue weighted by Crippen LogP contribution is -2.47. The molecule has 4 bridgehead atoms. The van der Waals surface area contributed by atoms with E-state index in [1.165, 1.54) is 32.1 Å². The Morgan fingerprint density at radius 2 is 1.42 bits per heavy atom. The highest BCUT2D eigenvalue weighted by Gasteiger charge is 2.50. The predicted molar refractivity (Wildman–Crippen MR) is 76.3 cm³/mol. The molecule has 2 nitrogen and oxygen atoms in total. The lowest BCUT2D eigenvalue weighted by molar-refractivity contribution is -0.0908. The lowest BCUT2D eigenvalue weighted by atomic mass is 9.50. The van der Waals surface area contributed by atoms with Gasteiger partial charge in [0.25, 0.3) is 0 Å². The van der Waals surface area contributed by atoms with E-state index in [2.05, 4.69) is 0 Å². The van der Waals surface area contributed by atoms with Crippen molar-refractivity contribution >= 4 is 5.69 Å². The fraction of sp³-hybridized carbons (Fsp3) is 0.647. The average Bonchev–Trinajstić information content (AvgIpc) is 2.38. The van der Waals surface area contributed by atoms with Gasteiger partial charge < -0.3 is 10.8 Å². The number of rotatable bonds is 2. The number of aliphatic hydroxyl groups is 1. The molecule has 0 amide bonds. The molecule has 0 radical (unpaired) electrons. The highest BCUT2D eigenvalue weighted by atomic mass is 16.3. The van der Waals surface area contributed by atoms with Crippen molar-refractivity contribution < 1.29 is 5.11 Å². The van der Waals surface area contributed by atoms with Crippen LogP contribution >= 0.6 is 0 Å². The third-order valence-electron chi connectivity index (χ3n) is 5.94. The summed E-state index contributed by atoms with van der Waals surface area (Å²) in [6, 6.07) is 7.83. The monoisotopic (exact) mass is 257 g/mol. The SMILES string of the molecule is Nc1ccc(C(O)C2C3CC4CC(C3)CC2C4)cc1. The molecule has 0 saturated heterocycles. The number of hydrogen-bond donors (Lipinski definition) is 2. The van der Waals surface area contributed by atoms with Crippen LogP contribution in [0.5, 0.6) is 0 Å². The van der Waals surface area contributed by atoms with Gasteiger partial charge in [-0.2, -0.15) is 0 Å². The smallest absolute Gasteiger partial charge is 0.0823 e. The summed E-state index contributed by atoms with van der Waals surface area (Å²) in [4.78, 5) is 0. The van der Waals surface area contributed by atoms with Crippen LogP contribution in [-0.4, -0.2) is 5.11 Å². The summed E-state index contributed by atoms with van der Waals surface area (Å²) in [6.07, 6.45) is 6.65. The first-order chi connectivity index (χ1) is 9.20. The summed E-state index contributed by atoms with van der Waals surface area (Å²) in [7, 11) is 0. The van der Waals surface area contributed by atoms with E-state index in [1.807, 2.05) is 24.3 Å². The Balaban J connectivity index is 1.60. The summed E-state index contributed by atoms with van der Waals surface area (Å²) < 4.78 is 0. The Morgan fingerprint density at radius 1 is 0.895 bits per heavy atom. The van der Waals surface area contributed by atoms with Gasteiger partial charge in [-0.1, -0.05) is 12.1 Å². The van der Waals surface area contributed by atoms with Crippen LogP contribution in [0.2, 0.25) is 0 Å². The van der Waals surface area contributed by atoms with E-state index in [0.29, 0.717) is 5.92 Å². The van der Waals surface area contributed by atoms with Crippen LogP contribution in [0.15, 0.2) is 24.3 Å². The second kappa shape index (κ2) is 4.24. The molecule has 2 heteroatoms. The molecule has 0 aliphatic heterocycles. The van der Waals surface area contributed by atoms with Crippen molar-refractivity contribution in [3.05, 3.63) is 29.8 Å². The number of aliphatic hydroxyl groups excluding tert-OH is 1. The number of nitrogens with two attached hydrogens (primary N) is 1. The Labute approximate surface area is 115 Å². The van der Waals surface area contributed by atoms with Gasteiger partial charge in [0.1, 0.15) is 0 Å². The minimum atomic E-state index is -0.282. The summed E-state index contributed by atoms with van der Waals surface area (Å²) in [6.45, 7) is 0. The summed E-state index contributed by atoms with van der Waals surface area (Å²) >= 11 is 0. The molecule has 3 N–H and O–H groups in total. The van der Waals surface area contributed by atoms with Crippen LogP contribution in [0.1, 0.15) is 43.8 Å². The van der Waals surface area contributed by atoms with Crippen molar-refractivity contribution in [1.29, 1.82) is 0 Å². The minimum absolute atomic E-state index is 0.282. The maximum absolute atomic E-state index is 10.8. The van der Waals surface area contributed by atoms with Crippen LogP contribution < -0.4 is 5.73 Å². The van der Waals surface area contributed by atoms with Crippen LogP contribution in [0.4, 0.5) is 5.69 Å². The summed E-state index contributed by atoms with van der Waals surface area (Å²) in [5.41, 5.74) is 7.58. The fourth-order valence-electron chi connectivity index (χ4n) is 5.40. The Kier molecular flexibility index (Phi) is 2.63. The largest absolute Gasteiger partial charge is 0.399 e. The van der Waals surface area contributed by atoms with Crippen molar-refractivity contribution in [2.75, 3.05) is 5.73 Å². The third-order valence-corrected chi connectivity index (χ3v) is 5.94. The van der Waals surface area contributed by atoms with Crippen LogP contribution in [0, 0.1) is 29.6 Å². The molecular weight excluding hydrogens is 234 g/mol. The average molecular weight is 257 g/mol. The first-order valence-corrected chi connectivity index (χ1v) is 7.74. The van der Waals surface area contributed by atoms with E-state index in [9.17, 15) is 5.11 Å². The zero-order chi connectivity index (χ0) is 13.0. The quantitative estimate of drug-likeness (QED) is 0.798. The van der Waals surface area contributed by atoms with Gasteiger partial charge in [0.15, 0.2) is 0 Å². The predicted octanol–water partition coefficient (Wildman–Crippen LogP) is 3.37. The van der Waals surface area contributed by atoms with E-state index in [1.54, 1.807) is 0 Å². The van der Waals surface area contributed by atoms with Crippen LogP contribution in [-0.2, 0) is 0 Å². The molecule has 0 aromatic heterocycles. The first-order valence-electron chi connectivity index (χ1n) is 7.74. The maximum atomic E-state index is 10.8. The van der Waals surface area contributed by atoms with Crippen molar-refractivity contribution in [2.45, 2.75) is 38.2 Å². The van der Waals surface area contributed by atoms with Gasteiger partial charge in [-0.15, -0.1) is 0 Å². The second-order valence-corrected chi connectivity index (χ2v) is 7.12. The first kappa shape index (κ1) is 11.8. The van der Waals surface area contributed by atoms with Crippen LogP contribution in [0.25, 0.3) is 0 Å². The van der Waals surface area contributed by atoms with E-state index >= 15 is 0 Å². The van der Waals surface area contributed by atoms with Crippen LogP contribution in [0.3, 0.4) is 0 Å². The fourth-order valence-corrected chi connectivity index (χ4v) is 5.40. The molecule has 4 saturated carbocycles. The number of anilines is 1. The normalized spacial score (nSPS) is 41.4. The molecule has 19 heavy (non-hydrogen) atoms. The molecule has 4 fully saturated rings. The van der Waals surface area contributed by atoms with Crippen molar-refractivity contribution in [3.8, 4) is 0 Å². The lowest BCUT2D eigenvalue weighted by Gasteiger charge is -2.55. The summed E-state index contributed by atoms with van der Waals surface area (Å²) in [5.74, 6) is 3.97. The molecule has 0 heterocycles. The zero-order valence-corrected chi connectivity index (χ0v) is 11.3. The van der Waals surface area contributed by atoms with E-state index in [-0.39, 0.29) is 6.10 Å². The van der Waals surface area contributed by atoms with Gasteiger partial charge in [0, 0.05) is 5.69 Å². The molecule has 1 aromatic rings. The van der Waals surface area contributed by atoms with Gasteiger partial charge in [-0.05, 0) is 79.4 Å². The van der Waals surface area contributed by atoms with Gasteiger partial charge in [0.2, 0.25) is 0 Å². The Hall–Kier alpha value is -1.02. The van der Waals surface area contributed by atoms with E-state index in [4.69, 9.17) is 5.73 Å². The van der Waals surface area contributed by atoms with E-state index in [0.717, 1.165) is 34.9 Å². The molecule has 102 valence electrons. The van der Waals surface area contributed by atoms with Gasteiger partial charge >= 0.3 is 0 Å².